The van der Waals surface area contributed by atoms with Crippen LogP contribution in [0.25, 0.3) is 6.08 Å². The largest absolute Gasteiger partial charge is 0.733 e. The number of methoxy groups -OCH3 is 1. The molecule has 28 heavy (non-hydrogen) atoms. The summed E-state index contributed by atoms with van der Waals surface area (Å²) in [5.41, 5.74) is 1.46. The number of ether oxygens (including phenoxy) is 1. The molecule has 0 radical (unpaired) electrons. The average Bonchev–Trinajstić information content (AvgIpc) is 2.94. The third kappa shape index (κ3) is 4.37. The van der Waals surface area contributed by atoms with E-state index in [0.29, 0.717) is 26.2 Å². The van der Waals surface area contributed by atoms with Gasteiger partial charge in [0, 0.05) is 5.69 Å². The van der Waals surface area contributed by atoms with E-state index in [-0.39, 0.29) is 29.2 Å². The first-order valence-electron chi connectivity index (χ1n) is 8.01. The molecule has 1 aliphatic heterocycles. The smallest absolute Gasteiger partial charge is 0.267 e. The van der Waals surface area contributed by atoms with E-state index < -0.39 is 0 Å². The van der Waals surface area contributed by atoms with Gasteiger partial charge in [-0.05, 0) is 48.0 Å². The summed E-state index contributed by atoms with van der Waals surface area (Å²) in [5.74, 6) is 0.0878. The van der Waals surface area contributed by atoms with Gasteiger partial charge >= 0.3 is 0 Å². The van der Waals surface area contributed by atoms with Crippen LogP contribution >= 0.6 is 24.0 Å². The number of thiocarbonyl (C=S) groups is 1. The molecule has 3 rings (SSSR count). The van der Waals surface area contributed by atoms with Crippen molar-refractivity contribution in [3.05, 3.63) is 58.1 Å². The molecule has 0 aromatic heterocycles. The van der Waals surface area contributed by atoms with Gasteiger partial charge < -0.3 is 25.6 Å². The minimum atomic E-state index is -0.243. The first kappa shape index (κ1) is 20.0. The van der Waals surface area contributed by atoms with Crippen molar-refractivity contribution in [2.24, 2.45) is 0 Å². The standard InChI is InChI=1S/C18H16N3O5S2/c1-26-15-8-11(2-7-14(15)22)9-16-17(23)20(18(27)28-16)10-19-12-3-5-13(6-4-12)21(24)25/h2-9,19,22,24H,10H2,1H3/q-1. The summed E-state index contributed by atoms with van der Waals surface area (Å²) in [5, 5.41) is 32.1. The molecule has 1 fully saturated rings. The van der Waals surface area contributed by atoms with E-state index in [1.807, 2.05) is 0 Å². The van der Waals surface area contributed by atoms with Crippen molar-refractivity contribution in [1.82, 2.24) is 4.90 Å². The molecule has 0 spiro atoms. The Bertz CT molecular complexity index is 931. The quantitative estimate of drug-likeness (QED) is 0.370. The number of rotatable bonds is 6. The predicted molar refractivity (Wildman–Crippen MR) is 112 cm³/mol. The van der Waals surface area contributed by atoms with Crippen LogP contribution in [0.4, 0.5) is 11.4 Å². The maximum absolute atomic E-state index is 12.7. The number of nitrogens with zero attached hydrogens (tertiary/aromatic N) is 2. The van der Waals surface area contributed by atoms with Crippen molar-refractivity contribution in [1.29, 1.82) is 0 Å². The molecule has 0 aliphatic carbocycles. The highest BCUT2D eigenvalue weighted by Crippen LogP contribution is 2.34. The molecule has 0 atom stereocenters. The van der Waals surface area contributed by atoms with Gasteiger partial charge in [0.15, 0.2) is 11.5 Å². The number of carbonyl (C=O) groups is 1. The summed E-state index contributed by atoms with van der Waals surface area (Å²) < 4.78 is 5.48. The molecule has 1 heterocycles. The fraction of sp³-hybridized carbons (Fsp3) is 0.111. The number of nitrogens with one attached hydrogen (secondary N) is 1. The van der Waals surface area contributed by atoms with Crippen LogP contribution in [0, 0.1) is 5.21 Å². The molecule has 1 saturated heterocycles. The second-order valence-corrected chi connectivity index (χ2v) is 7.37. The van der Waals surface area contributed by atoms with Gasteiger partial charge in [-0.3, -0.25) is 14.9 Å². The van der Waals surface area contributed by atoms with E-state index in [2.05, 4.69) is 5.32 Å². The molecule has 146 valence electrons. The van der Waals surface area contributed by atoms with Gasteiger partial charge in [-0.1, -0.05) is 30.0 Å². The van der Waals surface area contributed by atoms with Gasteiger partial charge in [0.2, 0.25) is 0 Å². The fourth-order valence-electron chi connectivity index (χ4n) is 2.45. The predicted octanol–water partition coefficient (Wildman–Crippen LogP) is 3.37. The summed E-state index contributed by atoms with van der Waals surface area (Å²) in [4.78, 5) is 14.5. The summed E-state index contributed by atoms with van der Waals surface area (Å²) >= 11 is 6.47. The summed E-state index contributed by atoms with van der Waals surface area (Å²) in [6.45, 7) is 0.153. The summed E-state index contributed by atoms with van der Waals surface area (Å²) in [6, 6.07) is 10.9. The zero-order valence-corrected chi connectivity index (χ0v) is 16.3. The van der Waals surface area contributed by atoms with Gasteiger partial charge in [0.25, 0.3) is 5.91 Å². The van der Waals surface area contributed by atoms with Crippen LogP contribution in [0.1, 0.15) is 5.56 Å². The molecule has 1 aliphatic rings. The van der Waals surface area contributed by atoms with Crippen molar-refractivity contribution >= 4 is 51.7 Å². The number of aromatic hydroxyl groups is 1. The van der Waals surface area contributed by atoms with Crippen LogP contribution in [0.5, 0.6) is 11.5 Å². The van der Waals surface area contributed by atoms with Crippen molar-refractivity contribution in [2.75, 3.05) is 24.3 Å². The number of phenols is 1. The van der Waals surface area contributed by atoms with Crippen molar-refractivity contribution < 1.29 is 19.8 Å². The molecular weight excluding hydrogens is 402 g/mol. The second-order valence-electron chi connectivity index (χ2n) is 5.70. The minimum Gasteiger partial charge on any atom is -0.733 e. The van der Waals surface area contributed by atoms with E-state index >= 15 is 0 Å². The Labute approximate surface area is 170 Å². The van der Waals surface area contributed by atoms with E-state index in [0.717, 1.165) is 0 Å². The second kappa shape index (κ2) is 8.48. The van der Waals surface area contributed by atoms with Crippen molar-refractivity contribution in [2.45, 2.75) is 0 Å². The Balaban J connectivity index is 1.69. The van der Waals surface area contributed by atoms with Crippen molar-refractivity contribution in [3.63, 3.8) is 0 Å². The molecule has 2 aromatic carbocycles. The number of amides is 1. The van der Waals surface area contributed by atoms with Crippen LogP contribution < -0.4 is 15.3 Å². The number of benzene rings is 2. The molecule has 1 amide bonds. The Morgan fingerprint density at radius 2 is 2.04 bits per heavy atom. The lowest BCUT2D eigenvalue weighted by Gasteiger charge is -2.22. The van der Waals surface area contributed by atoms with Crippen LogP contribution in [-0.4, -0.2) is 39.2 Å². The molecule has 3 N–H and O–H groups in total. The van der Waals surface area contributed by atoms with Gasteiger partial charge in [-0.2, -0.15) is 0 Å². The Morgan fingerprint density at radius 3 is 2.68 bits per heavy atom. The Kier molecular flexibility index (Phi) is 6.05. The topological polar surface area (TPSA) is 108 Å². The molecule has 8 nitrogen and oxygen atoms in total. The third-order valence-electron chi connectivity index (χ3n) is 3.90. The van der Waals surface area contributed by atoms with E-state index in [9.17, 15) is 15.1 Å². The number of anilines is 2. The fourth-order valence-corrected chi connectivity index (χ4v) is 3.70. The molecule has 0 saturated carbocycles. The van der Waals surface area contributed by atoms with Crippen LogP contribution in [0.3, 0.4) is 0 Å². The number of hydrogen-bond acceptors (Lipinski definition) is 9. The molecule has 10 heteroatoms. The van der Waals surface area contributed by atoms with Crippen molar-refractivity contribution in [3.8, 4) is 11.5 Å². The van der Waals surface area contributed by atoms with Crippen LogP contribution in [-0.2, 0) is 4.79 Å². The first-order valence-corrected chi connectivity index (χ1v) is 9.24. The van der Waals surface area contributed by atoms with Gasteiger partial charge in [-0.15, -0.1) is 0 Å². The average molecular weight is 418 g/mol. The van der Waals surface area contributed by atoms with E-state index in [1.54, 1.807) is 30.3 Å². The zero-order valence-electron chi connectivity index (χ0n) is 14.7. The monoisotopic (exact) mass is 418 g/mol. The maximum atomic E-state index is 12.7. The highest BCUT2D eigenvalue weighted by Gasteiger charge is 2.31. The lowest BCUT2D eigenvalue weighted by Crippen LogP contribution is -2.33. The first-order chi connectivity index (χ1) is 13.4. The zero-order chi connectivity index (χ0) is 20.3. The third-order valence-corrected chi connectivity index (χ3v) is 5.28. The minimum absolute atomic E-state index is 0.0173. The molecule has 0 unspecified atom stereocenters. The van der Waals surface area contributed by atoms with Gasteiger partial charge in [-0.25, -0.2) is 0 Å². The van der Waals surface area contributed by atoms with E-state index in [4.69, 9.17) is 22.2 Å². The normalized spacial score (nSPS) is 15.2. The van der Waals surface area contributed by atoms with Gasteiger partial charge in [0.1, 0.15) is 4.32 Å². The number of carbonyl (C=O) groups excluding carboxylic acids is 1. The lowest BCUT2D eigenvalue weighted by molar-refractivity contribution is -0.121. The Hall–Kier alpha value is -2.79. The Morgan fingerprint density at radius 1 is 1.32 bits per heavy atom. The van der Waals surface area contributed by atoms with Crippen LogP contribution in [0.15, 0.2) is 47.4 Å². The molecule has 2 aromatic rings. The van der Waals surface area contributed by atoms with Gasteiger partial charge in [0.05, 0.1) is 24.4 Å². The maximum Gasteiger partial charge on any atom is 0.267 e. The molecular formula is C18H16N3O5S2-. The highest BCUT2D eigenvalue weighted by molar-refractivity contribution is 8.26. The summed E-state index contributed by atoms with van der Waals surface area (Å²) in [7, 11) is 1.45. The van der Waals surface area contributed by atoms with E-state index in [1.165, 1.54) is 42.0 Å². The summed E-state index contributed by atoms with van der Waals surface area (Å²) in [6.07, 6.45) is 1.68. The SMILES string of the molecule is COc1cc(C=C2SC(=S)N(CNc3ccc(N([O-])O)cc3)C2=O)ccc1O. The number of phenolic OH excluding ortho intramolecular Hbond substituents is 1. The number of hydrogen-bond donors (Lipinski definition) is 3. The highest BCUT2D eigenvalue weighted by atomic mass is 32.2. The van der Waals surface area contributed by atoms with Crippen LogP contribution in [0.2, 0.25) is 0 Å². The lowest BCUT2D eigenvalue weighted by atomic mass is 10.2. The molecule has 0 bridgehead atoms. The number of thioether (sulfide) groups is 1.